The Kier molecular flexibility index (Phi) is 6.68. The third kappa shape index (κ3) is 4.71. The highest BCUT2D eigenvalue weighted by Crippen LogP contribution is 2.14. The minimum Gasteiger partial charge on any atom is -0.396 e. The van der Waals surface area contributed by atoms with E-state index in [1.165, 1.54) is 0 Å². The molecule has 0 bridgehead atoms. The van der Waals surface area contributed by atoms with Gasteiger partial charge in [0.15, 0.2) is 0 Å². The maximum Gasteiger partial charge on any atom is 0.322 e. The number of quaternary nitrogens is 1. The Hall–Kier alpha value is -1.59. The molecule has 5 heteroatoms. The highest BCUT2D eigenvalue weighted by atomic mass is 16.3. The number of likely N-dealkylation sites (tertiary alicyclic amines) is 1. The highest BCUT2D eigenvalue weighted by Gasteiger charge is 2.29. The zero-order valence-electron chi connectivity index (χ0n) is 13.4. The minimum atomic E-state index is -0.0513. The van der Waals surface area contributed by atoms with Crippen molar-refractivity contribution < 1.29 is 14.8 Å². The Morgan fingerprint density at radius 1 is 1.32 bits per heavy atom. The van der Waals surface area contributed by atoms with Crippen molar-refractivity contribution in [1.82, 2.24) is 4.90 Å². The van der Waals surface area contributed by atoms with E-state index < -0.39 is 0 Å². The van der Waals surface area contributed by atoms with Gasteiger partial charge in [0.1, 0.15) is 0 Å². The van der Waals surface area contributed by atoms with Gasteiger partial charge in [0, 0.05) is 37.7 Å². The van der Waals surface area contributed by atoms with E-state index in [0.717, 1.165) is 38.2 Å². The molecule has 2 rings (SSSR count). The van der Waals surface area contributed by atoms with E-state index in [-0.39, 0.29) is 18.7 Å². The Morgan fingerprint density at radius 2 is 2.00 bits per heavy atom. The molecule has 0 aromatic heterocycles. The number of rotatable bonds is 6. The van der Waals surface area contributed by atoms with Crippen LogP contribution < -0.4 is 10.2 Å². The first-order chi connectivity index (χ1) is 10.7. The van der Waals surface area contributed by atoms with Gasteiger partial charge in [-0.15, -0.1) is 0 Å². The van der Waals surface area contributed by atoms with Gasteiger partial charge in [-0.05, 0) is 25.5 Å². The monoisotopic (exact) mass is 306 g/mol. The normalized spacial score (nSPS) is 21.4. The quantitative estimate of drug-likeness (QED) is 0.733. The fourth-order valence-corrected chi connectivity index (χ4v) is 3.08. The lowest BCUT2D eigenvalue weighted by atomic mass is 10.0. The molecule has 0 radical (unpaired) electrons. The molecule has 0 atom stereocenters. The number of hydrogen-bond donors (Lipinski definition) is 3. The van der Waals surface area contributed by atoms with Crippen molar-refractivity contribution in [1.29, 1.82) is 0 Å². The summed E-state index contributed by atoms with van der Waals surface area (Å²) in [5.74, 6) is 0. The van der Waals surface area contributed by atoms with Gasteiger partial charge in [0.05, 0.1) is 19.6 Å². The lowest BCUT2D eigenvalue weighted by molar-refractivity contribution is -0.903. The molecule has 1 heterocycles. The molecular weight excluding hydrogens is 278 g/mol. The van der Waals surface area contributed by atoms with Crippen molar-refractivity contribution in [3.63, 3.8) is 0 Å². The van der Waals surface area contributed by atoms with Crippen LogP contribution in [0.5, 0.6) is 0 Å². The van der Waals surface area contributed by atoms with Crippen molar-refractivity contribution in [3.05, 3.63) is 30.3 Å². The van der Waals surface area contributed by atoms with Crippen LogP contribution in [0.3, 0.4) is 0 Å². The average molecular weight is 306 g/mol. The van der Waals surface area contributed by atoms with Gasteiger partial charge in [-0.2, -0.15) is 0 Å². The number of para-hydroxylation sites is 1. The lowest BCUT2D eigenvalue weighted by Crippen LogP contribution is -3.13. The number of aliphatic hydroxyl groups is 1. The number of aliphatic hydroxyl groups excluding tert-OH is 1. The molecular formula is C17H28N3O2+. The molecule has 2 amide bonds. The largest absolute Gasteiger partial charge is 0.396 e. The fraction of sp³-hybridized carbons (Fsp3) is 0.588. The third-order valence-electron chi connectivity index (χ3n) is 4.45. The van der Waals surface area contributed by atoms with Gasteiger partial charge < -0.3 is 20.2 Å². The summed E-state index contributed by atoms with van der Waals surface area (Å²) in [6.07, 6.45) is 2.71. The first kappa shape index (κ1) is 16.8. The number of benzene rings is 1. The zero-order chi connectivity index (χ0) is 15.8. The standard InChI is InChI=1S/C17H27N3O2/c1-2-19-12-9-16(10-13-19)20(11-6-14-21)17(22)18-15-7-4-3-5-8-15/h3-5,7-8,16,21H,2,6,9-14H2,1H3,(H,18,22)/p+1. The zero-order valence-corrected chi connectivity index (χ0v) is 13.4. The van der Waals surface area contributed by atoms with Gasteiger partial charge in [-0.1, -0.05) is 18.2 Å². The van der Waals surface area contributed by atoms with Crippen LogP contribution >= 0.6 is 0 Å². The molecule has 1 aliphatic rings. The number of anilines is 1. The lowest BCUT2D eigenvalue weighted by Gasteiger charge is -2.36. The van der Waals surface area contributed by atoms with Crippen molar-refractivity contribution in [2.45, 2.75) is 32.2 Å². The number of nitrogens with one attached hydrogen (secondary N) is 2. The van der Waals surface area contributed by atoms with Gasteiger partial charge in [-0.3, -0.25) is 0 Å². The fourth-order valence-electron chi connectivity index (χ4n) is 3.08. The Bertz CT molecular complexity index is 444. The molecule has 1 fully saturated rings. The molecule has 0 spiro atoms. The summed E-state index contributed by atoms with van der Waals surface area (Å²) in [6.45, 7) is 6.33. The van der Waals surface area contributed by atoms with Crippen molar-refractivity contribution >= 4 is 11.7 Å². The predicted molar refractivity (Wildman–Crippen MR) is 88.1 cm³/mol. The van der Waals surface area contributed by atoms with Gasteiger partial charge >= 0.3 is 6.03 Å². The van der Waals surface area contributed by atoms with Crippen LogP contribution in [0.1, 0.15) is 26.2 Å². The van der Waals surface area contributed by atoms with E-state index in [4.69, 9.17) is 5.11 Å². The molecule has 22 heavy (non-hydrogen) atoms. The van der Waals surface area contributed by atoms with Gasteiger partial charge in [0.25, 0.3) is 0 Å². The number of nitrogens with zero attached hydrogens (tertiary/aromatic N) is 1. The van der Waals surface area contributed by atoms with Crippen LogP contribution in [-0.4, -0.2) is 54.9 Å². The first-order valence-electron chi connectivity index (χ1n) is 8.31. The number of carbonyl (C=O) groups excluding carboxylic acids is 1. The molecule has 0 unspecified atom stereocenters. The molecule has 1 aromatic carbocycles. The van der Waals surface area contributed by atoms with Crippen LogP contribution in [0, 0.1) is 0 Å². The maximum absolute atomic E-state index is 12.6. The molecule has 1 aliphatic heterocycles. The van der Waals surface area contributed by atoms with Gasteiger partial charge in [-0.25, -0.2) is 4.79 Å². The predicted octanol–water partition coefficient (Wildman–Crippen LogP) is 0.970. The molecule has 0 aliphatic carbocycles. The summed E-state index contributed by atoms with van der Waals surface area (Å²) in [5.41, 5.74) is 0.818. The van der Waals surface area contributed by atoms with E-state index in [1.54, 1.807) is 4.90 Å². The van der Waals surface area contributed by atoms with E-state index in [1.807, 2.05) is 35.2 Å². The Labute approximate surface area is 132 Å². The molecule has 0 saturated carbocycles. The smallest absolute Gasteiger partial charge is 0.322 e. The van der Waals surface area contributed by atoms with E-state index >= 15 is 0 Å². The van der Waals surface area contributed by atoms with Crippen LogP contribution in [0.4, 0.5) is 10.5 Å². The van der Waals surface area contributed by atoms with E-state index in [9.17, 15) is 4.79 Å². The summed E-state index contributed by atoms with van der Waals surface area (Å²) >= 11 is 0. The molecule has 122 valence electrons. The summed E-state index contributed by atoms with van der Waals surface area (Å²) in [6, 6.07) is 9.78. The van der Waals surface area contributed by atoms with Crippen LogP contribution in [0.25, 0.3) is 0 Å². The van der Waals surface area contributed by atoms with Crippen LogP contribution in [0.15, 0.2) is 30.3 Å². The Morgan fingerprint density at radius 3 is 2.59 bits per heavy atom. The average Bonchev–Trinajstić information content (AvgIpc) is 2.56. The second-order valence-corrected chi connectivity index (χ2v) is 5.90. The van der Waals surface area contributed by atoms with Crippen molar-refractivity contribution in [2.24, 2.45) is 0 Å². The third-order valence-corrected chi connectivity index (χ3v) is 4.45. The number of hydrogen-bond acceptors (Lipinski definition) is 2. The number of carbonyl (C=O) groups is 1. The molecule has 1 saturated heterocycles. The SMILES string of the molecule is CC[NH+]1CCC(N(CCCO)C(=O)Nc2ccccc2)CC1. The summed E-state index contributed by atoms with van der Waals surface area (Å²) in [4.78, 5) is 16.1. The summed E-state index contributed by atoms with van der Waals surface area (Å²) in [5, 5.41) is 12.1. The molecule has 1 aromatic rings. The number of amides is 2. The number of piperidine rings is 1. The second kappa shape index (κ2) is 8.76. The van der Waals surface area contributed by atoms with E-state index in [0.29, 0.717) is 13.0 Å². The van der Waals surface area contributed by atoms with Crippen molar-refractivity contribution in [2.75, 3.05) is 38.1 Å². The first-order valence-corrected chi connectivity index (χ1v) is 8.31. The van der Waals surface area contributed by atoms with Gasteiger partial charge in [0.2, 0.25) is 0 Å². The number of urea groups is 1. The maximum atomic E-state index is 12.6. The summed E-state index contributed by atoms with van der Waals surface area (Å²) < 4.78 is 0. The second-order valence-electron chi connectivity index (χ2n) is 5.90. The topological polar surface area (TPSA) is 57.0 Å². The van der Waals surface area contributed by atoms with Crippen LogP contribution in [-0.2, 0) is 0 Å². The minimum absolute atomic E-state index is 0.0513. The van der Waals surface area contributed by atoms with E-state index in [2.05, 4.69) is 12.2 Å². The molecule has 3 N–H and O–H groups in total. The summed E-state index contributed by atoms with van der Waals surface area (Å²) in [7, 11) is 0. The molecule has 5 nitrogen and oxygen atoms in total. The van der Waals surface area contributed by atoms with Crippen molar-refractivity contribution in [3.8, 4) is 0 Å². The Balaban J connectivity index is 1.97. The highest BCUT2D eigenvalue weighted by molar-refractivity contribution is 5.89. The van der Waals surface area contributed by atoms with Crippen LogP contribution in [0.2, 0.25) is 0 Å².